The molecule has 0 aliphatic carbocycles. The third-order valence-corrected chi connectivity index (χ3v) is 6.53. The van der Waals surface area contributed by atoms with Crippen molar-refractivity contribution >= 4 is 24.0 Å². The molecule has 1 aromatic heterocycles. The van der Waals surface area contributed by atoms with Crippen molar-refractivity contribution in [3.8, 4) is 5.88 Å². The zero-order chi connectivity index (χ0) is 18.3. The number of ether oxygens (including phenoxy) is 1. The van der Waals surface area contributed by atoms with Gasteiger partial charge < -0.3 is 4.74 Å². The summed E-state index contributed by atoms with van der Waals surface area (Å²) in [6.45, 7) is 0.520. The zero-order valence-corrected chi connectivity index (χ0v) is 15.8. The van der Waals surface area contributed by atoms with Gasteiger partial charge in [0.2, 0.25) is 5.88 Å². The molecule has 3 heteroatoms. The van der Waals surface area contributed by atoms with Gasteiger partial charge >= 0.3 is 0 Å². The summed E-state index contributed by atoms with van der Waals surface area (Å²) in [6.07, 6.45) is 0. The summed E-state index contributed by atoms with van der Waals surface area (Å²) in [4.78, 5) is 4.85. The van der Waals surface area contributed by atoms with Crippen LogP contribution in [0.25, 0.3) is 0 Å². The van der Waals surface area contributed by atoms with Crippen LogP contribution < -0.4 is 20.8 Å². The lowest BCUT2D eigenvalue weighted by Crippen LogP contribution is -2.22. The molecule has 0 bridgehead atoms. The molecule has 132 valence electrons. The second-order valence-electron chi connectivity index (χ2n) is 6.11. The van der Waals surface area contributed by atoms with E-state index in [4.69, 9.17) is 9.72 Å². The highest BCUT2D eigenvalue weighted by Gasteiger charge is 2.18. The minimum Gasteiger partial charge on any atom is -0.473 e. The second-order valence-corrected chi connectivity index (χ2v) is 8.28. The Bertz CT molecular complexity index is 935. The molecule has 0 N–H and O–H groups in total. The first-order chi connectivity index (χ1) is 13.4. The first kappa shape index (κ1) is 17.5. The highest BCUT2D eigenvalue weighted by Crippen LogP contribution is 2.32. The molecule has 0 radical (unpaired) electrons. The summed E-state index contributed by atoms with van der Waals surface area (Å²) in [7, 11) is -0.718. The molecule has 0 aliphatic heterocycles. The summed E-state index contributed by atoms with van der Waals surface area (Å²) in [6, 6.07) is 37.4. The van der Waals surface area contributed by atoms with Crippen LogP contribution in [0.3, 0.4) is 0 Å². The van der Waals surface area contributed by atoms with Crippen molar-refractivity contribution in [3.05, 3.63) is 115 Å². The van der Waals surface area contributed by atoms with E-state index in [9.17, 15) is 0 Å². The van der Waals surface area contributed by atoms with Gasteiger partial charge in [-0.3, -0.25) is 0 Å². The Kier molecular flexibility index (Phi) is 5.57. The van der Waals surface area contributed by atoms with E-state index in [-0.39, 0.29) is 0 Å². The van der Waals surface area contributed by atoms with Crippen molar-refractivity contribution in [2.45, 2.75) is 6.61 Å². The number of benzene rings is 3. The molecule has 0 spiro atoms. The monoisotopic (exact) mass is 369 g/mol. The molecule has 27 heavy (non-hydrogen) atoms. The predicted octanol–water partition coefficient (Wildman–Crippen LogP) is 4.42. The lowest BCUT2D eigenvalue weighted by Gasteiger charge is -2.18. The van der Waals surface area contributed by atoms with Gasteiger partial charge in [0.1, 0.15) is 6.61 Å². The molecule has 0 aliphatic rings. The summed E-state index contributed by atoms with van der Waals surface area (Å²) in [5.74, 6) is 0.663. The van der Waals surface area contributed by atoms with Gasteiger partial charge in [-0.2, -0.15) is 0 Å². The van der Waals surface area contributed by atoms with Crippen LogP contribution in [0.15, 0.2) is 109 Å². The van der Waals surface area contributed by atoms with E-state index in [1.807, 2.05) is 30.3 Å². The quantitative estimate of drug-likeness (QED) is 0.470. The number of hydrogen-bond acceptors (Lipinski definition) is 2. The molecule has 0 saturated heterocycles. The molecule has 0 fully saturated rings. The Balaban J connectivity index is 1.64. The largest absolute Gasteiger partial charge is 0.473 e. The van der Waals surface area contributed by atoms with E-state index in [2.05, 4.69) is 78.9 Å². The van der Waals surface area contributed by atoms with Gasteiger partial charge in [-0.15, -0.1) is 0 Å². The van der Waals surface area contributed by atoms with Gasteiger partial charge in [0.15, 0.2) is 0 Å². The summed E-state index contributed by atoms with van der Waals surface area (Å²) in [5, 5.41) is 2.57. The molecule has 2 nitrogen and oxygen atoms in total. The van der Waals surface area contributed by atoms with E-state index >= 15 is 0 Å². The van der Waals surface area contributed by atoms with Gasteiger partial charge in [-0.1, -0.05) is 97.1 Å². The van der Waals surface area contributed by atoms with Crippen LogP contribution in [0.4, 0.5) is 0 Å². The first-order valence-electron chi connectivity index (χ1n) is 8.94. The van der Waals surface area contributed by atoms with Crippen LogP contribution in [-0.4, -0.2) is 4.98 Å². The van der Waals surface area contributed by atoms with Gasteiger partial charge in [0, 0.05) is 14.0 Å². The lowest BCUT2D eigenvalue weighted by atomic mass is 10.2. The number of hydrogen-bond donors (Lipinski definition) is 0. The van der Waals surface area contributed by atoms with Gasteiger partial charge in [0.25, 0.3) is 0 Å². The van der Waals surface area contributed by atoms with E-state index in [0.717, 1.165) is 11.0 Å². The third kappa shape index (κ3) is 4.42. The molecule has 0 amide bonds. The van der Waals surface area contributed by atoms with E-state index in [1.165, 1.54) is 10.6 Å². The summed E-state index contributed by atoms with van der Waals surface area (Å²) < 4.78 is 5.95. The Labute approximate surface area is 161 Å². The van der Waals surface area contributed by atoms with E-state index in [1.54, 1.807) is 0 Å². The minimum absolute atomic E-state index is 0.520. The normalized spacial score (nSPS) is 10.7. The van der Waals surface area contributed by atoms with Crippen molar-refractivity contribution in [2.75, 3.05) is 0 Å². The SMILES string of the molecule is c1ccc(COc2cccc(P(c3ccccc3)c3ccccc3)n2)cc1. The molecule has 0 saturated carbocycles. The molecule has 3 aromatic carbocycles. The average Bonchev–Trinajstić information content (AvgIpc) is 2.75. The number of nitrogens with zero attached hydrogens (tertiary/aromatic N) is 1. The molecule has 4 rings (SSSR count). The maximum absolute atomic E-state index is 5.95. The molecule has 1 heterocycles. The predicted molar refractivity (Wildman–Crippen MR) is 114 cm³/mol. The maximum Gasteiger partial charge on any atom is 0.214 e. The number of rotatable bonds is 6. The van der Waals surface area contributed by atoms with Crippen LogP contribution in [0.5, 0.6) is 5.88 Å². The molecular weight excluding hydrogens is 349 g/mol. The van der Waals surface area contributed by atoms with Gasteiger partial charge in [-0.05, 0) is 22.2 Å². The third-order valence-electron chi connectivity index (χ3n) is 4.20. The van der Waals surface area contributed by atoms with Crippen molar-refractivity contribution in [1.29, 1.82) is 0 Å². The second kappa shape index (κ2) is 8.62. The van der Waals surface area contributed by atoms with Crippen LogP contribution in [0, 0.1) is 0 Å². The Morgan fingerprint density at radius 3 is 1.74 bits per heavy atom. The molecule has 4 aromatic rings. The lowest BCUT2D eigenvalue weighted by molar-refractivity contribution is 0.294. The smallest absolute Gasteiger partial charge is 0.214 e. The topological polar surface area (TPSA) is 22.1 Å². The minimum atomic E-state index is -0.718. The van der Waals surface area contributed by atoms with E-state index < -0.39 is 7.92 Å². The molecule has 0 atom stereocenters. The van der Waals surface area contributed by atoms with Crippen molar-refractivity contribution in [2.24, 2.45) is 0 Å². The van der Waals surface area contributed by atoms with Gasteiger partial charge in [0.05, 0.1) is 5.44 Å². The zero-order valence-electron chi connectivity index (χ0n) is 14.9. The fourth-order valence-corrected chi connectivity index (χ4v) is 5.11. The fraction of sp³-hybridized carbons (Fsp3) is 0.0417. The number of aromatic nitrogens is 1. The first-order valence-corrected chi connectivity index (χ1v) is 10.3. The van der Waals surface area contributed by atoms with Crippen molar-refractivity contribution < 1.29 is 4.74 Å². The van der Waals surface area contributed by atoms with Crippen LogP contribution in [0.2, 0.25) is 0 Å². The standard InChI is InChI=1S/C24H20NOP/c1-4-11-20(12-5-1)19-26-23-17-10-18-24(25-23)27(21-13-6-2-7-14-21)22-15-8-3-9-16-22/h1-18H,19H2. The highest BCUT2D eigenvalue weighted by molar-refractivity contribution is 7.79. The summed E-state index contributed by atoms with van der Waals surface area (Å²) >= 11 is 0. The average molecular weight is 369 g/mol. The van der Waals surface area contributed by atoms with Crippen molar-refractivity contribution in [3.63, 3.8) is 0 Å². The Hall–Kier alpha value is -2.96. The molecule has 0 unspecified atom stereocenters. The van der Waals surface area contributed by atoms with Crippen LogP contribution in [0.1, 0.15) is 5.56 Å². The Morgan fingerprint density at radius 2 is 1.15 bits per heavy atom. The highest BCUT2D eigenvalue weighted by atomic mass is 31.1. The van der Waals surface area contributed by atoms with Crippen molar-refractivity contribution in [1.82, 2.24) is 4.98 Å². The van der Waals surface area contributed by atoms with Crippen LogP contribution in [-0.2, 0) is 6.61 Å². The number of pyridine rings is 1. The van der Waals surface area contributed by atoms with Crippen LogP contribution >= 0.6 is 7.92 Å². The fourth-order valence-electron chi connectivity index (χ4n) is 2.91. The Morgan fingerprint density at radius 1 is 0.593 bits per heavy atom. The summed E-state index contributed by atoms with van der Waals surface area (Å²) in [5.41, 5.74) is 2.19. The van der Waals surface area contributed by atoms with E-state index in [0.29, 0.717) is 12.5 Å². The van der Waals surface area contributed by atoms with Gasteiger partial charge in [-0.25, -0.2) is 4.98 Å². The molecular formula is C24H20NOP. The maximum atomic E-state index is 5.95.